The summed E-state index contributed by atoms with van der Waals surface area (Å²) in [6.45, 7) is 0.446. The second-order valence-corrected chi connectivity index (χ2v) is 7.01. The van der Waals surface area contributed by atoms with Gasteiger partial charge in [0.1, 0.15) is 10.9 Å². The normalized spacial score (nSPS) is 10.7. The lowest BCUT2D eigenvalue weighted by Gasteiger charge is -2.21. The number of imidazole rings is 1. The van der Waals surface area contributed by atoms with Crippen molar-refractivity contribution in [2.75, 3.05) is 18.9 Å². The van der Waals surface area contributed by atoms with E-state index in [4.69, 9.17) is 0 Å². The second-order valence-electron chi connectivity index (χ2n) is 5.93. The third-order valence-electron chi connectivity index (χ3n) is 4.03. The molecule has 1 amide bonds. The molecule has 0 saturated carbocycles. The summed E-state index contributed by atoms with van der Waals surface area (Å²) in [6, 6.07) is 13.8. The van der Waals surface area contributed by atoms with Crippen molar-refractivity contribution in [3.05, 3.63) is 78.0 Å². The maximum atomic E-state index is 13.0. The molecule has 0 fully saturated rings. The molecule has 0 atom stereocenters. The van der Waals surface area contributed by atoms with Crippen molar-refractivity contribution >= 4 is 17.7 Å². The average molecular weight is 382 g/mol. The third-order valence-corrected chi connectivity index (χ3v) is 5.03. The summed E-state index contributed by atoms with van der Waals surface area (Å²) >= 11 is 1.57. The van der Waals surface area contributed by atoms with Gasteiger partial charge in [0.25, 0.3) is 5.91 Å². The molecule has 3 aromatic rings. The number of carbonyl (C=O) groups excluding carboxylic acids is 1. The lowest BCUT2D eigenvalue weighted by Crippen LogP contribution is -2.34. The number of aromatic nitrogens is 3. The largest absolute Gasteiger partial charge is 0.395 e. The Morgan fingerprint density at radius 2 is 1.96 bits per heavy atom. The smallest absolute Gasteiger partial charge is 0.257 e. The van der Waals surface area contributed by atoms with Crippen molar-refractivity contribution in [1.29, 1.82) is 0 Å². The fourth-order valence-corrected chi connectivity index (χ4v) is 3.66. The molecule has 0 bridgehead atoms. The third kappa shape index (κ3) is 5.42. The number of rotatable bonds is 9. The highest BCUT2D eigenvalue weighted by atomic mass is 32.2. The van der Waals surface area contributed by atoms with Gasteiger partial charge < -0.3 is 15.0 Å². The summed E-state index contributed by atoms with van der Waals surface area (Å²) in [6.07, 6.45) is 5.96. The Balaban J connectivity index is 1.69. The number of aliphatic hydroxyl groups excluding tert-OH is 1. The highest BCUT2D eigenvalue weighted by molar-refractivity contribution is 7.99. The van der Waals surface area contributed by atoms with Crippen LogP contribution in [0.2, 0.25) is 0 Å². The molecule has 6 nitrogen and oxygen atoms in total. The van der Waals surface area contributed by atoms with Crippen LogP contribution in [0.25, 0.3) is 0 Å². The Bertz CT molecular complexity index is 840. The number of aromatic amines is 1. The topological polar surface area (TPSA) is 82.1 Å². The number of hydrogen-bond acceptors (Lipinski definition) is 5. The van der Waals surface area contributed by atoms with Crippen LogP contribution >= 0.6 is 11.8 Å². The van der Waals surface area contributed by atoms with Gasteiger partial charge in [-0.25, -0.2) is 9.97 Å². The number of pyridine rings is 1. The van der Waals surface area contributed by atoms with Crippen molar-refractivity contribution in [1.82, 2.24) is 19.9 Å². The number of thioether (sulfide) groups is 1. The van der Waals surface area contributed by atoms with Crippen LogP contribution in [0.15, 0.2) is 66.1 Å². The Morgan fingerprint density at radius 3 is 2.70 bits per heavy atom. The van der Waals surface area contributed by atoms with Crippen LogP contribution in [0.1, 0.15) is 21.7 Å². The number of hydrogen-bond donors (Lipinski definition) is 2. The van der Waals surface area contributed by atoms with Crippen LogP contribution in [0.5, 0.6) is 0 Å². The zero-order chi connectivity index (χ0) is 18.9. The highest BCUT2D eigenvalue weighted by Gasteiger charge is 2.20. The van der Waals surface area contributed by atoms with Crippen molar-refractivity contribution < 1.29 is 9.90 Å². The molecule has 2 heterocycles. The predicted octanol–water partition coefficient (Wildman–Crippen LogP) is 2.77. The zero-order valence-corrected chi connectivity index (χ0v) is 15.7. The Hall–Kier alpha value is -2.64. The van der Waals surface area contributed by atoms with Crippen molar-refractivity contribution in [3.8, 4) is 0 Å². The van der Waals surface area contributed by atoms with E-state index in [2.05, 4.69) is 27.1 Å². The summed E-state index contributed by atoms with van der Waals surface area (Å²) in [4.78, 5) is 26.2. The number of nitrogens with one attached hydrogen (secondary N) is 1. The van der Waals surface area contributed by atoms with Crippen LogP contribution in [0.4, 0.5) is 0 Å². The minimum atomic E-state index is -0.157. The number of carbonyl (C=O) groups is 1. The van der Waals surface area contributed by atoms with Gasteiger partial charge in [-0.1, -0.05) is 30.3 Å². The molecule has 2 aromatic heterocycles. The number of amides is 1. The first kappa shape index (κ1) is 19.1. The molecule has 7 heteroatoms. The molecule has 0 aliphatic carbocycles. The van der Waals surface area contributed by atoms with Gasteiger partial charge in [0.15, 0.2) is 0 Å². The summed E-state index contributed by atoms with van der Waals surface area (Å²) in [5.41, 5.74) is 1.81. The molecule has 0 saturated heterocycles. The van der Waals surface area contributed by atoms with Gasteiger partial charge in [0, 0.05) is 30.9 Å². The standard InChI is InChI=1S/C20H22N4O2S/c25-13-12-24(15-18-21-10-11-22-18)20(26)17-7-4-9-23-19(17)27-14-8-16-5-2-1-3-6-16/h1-7,9-11,25H,8,12-15H2,(H,21,22). The molecule has 0 aliphatic rings. The number of nitrogens with zero attached hydrogens (tertiary/aromatic N) is 3. The molecule has 0 aliphatic heterocycles. The van der Waals surface area contributed by atoms with Crippen LogP contribution in [-0.2, 0) is 13.0 Å². The number of H-pyrrole nitrogens is 1. The van der Waals surface area contributed by atoms with E-state index in [1.54, 1.807) is 47.4 Å². The quantitative estimate of drug-likeness (QED) is 0.556. The Labute approximate surface area is 162 Å². The molecular formula is C20H22N4O2S. The van der Waals surface area contributed by atoms with E-state index in [1.807, 2.05) is 18.2 Å². The monoisotopic (exact) mass is 382 g/mol. The first-order chi connectivity index (χ1) is 13.3. The van der Waals surface area contributed by atoms with E-state index in [0.717, 1.165) is 12.2 Å². The van der Waals surface area contributed by atoms with Crippen molar-refractivity contribution in [2.45, 2.75) is 18.0 Å². The summed E-state index contributed by atoms with van der Waals surface area (Å²) in [7, 11) is 0. The molecular weight excluding hydrogens is 360 g/mol. The van der Waals surface area contributed by atoms with Gasteiger partial charge in [-0.3, -0.25) is 4.79 Å². The Morgan fingerprint density at radius 1 is 1.11 bits per heavy atom. The summed E-state index contributed by atoms with van der Waals surface area (Å²) in [5, 5.41) is 10.1. The van der Waals surface area contributed by atoms with Gasteiger partial charge >= 0.3 is 0 Å². The van der Waals surface area contributed by atoms with Gasteiger partial charge in [-0.2, -0.15) is 0 Å². The fourth-order valence-electron chi connectivity index (χ4n) is 2.69. The van der Waals surface area contributed by atoms with E-state index >= 15 is 0 Å². The SMILES string of the molecule is O=C(c1cccnc1SCCc1ccccc1)N(CCO)Cc1ncc[nH]1. The molecule has 3 rings (SSSR count). The van der Waals surface area contributed by atoms with Crippen molar-refractivity contribution in [2.24, 2.45) is 0 Å². The van der Waals surface area contributed by atoms with Gasteiger partial charge in [0.05, 0.1) is 18.7 Å². The second kappa shape index (κ2) is 9.89. The van der Waals surface area contributed by atoms with Crippen LogP contribution < -0.4 is 0 Å². The lowest BCUT2D eigenvalue weighted by atomic mass is 10.2. The van der Waals surface area contributed by atoms with Gasteiger partial charge in [0.2, 0.25) is 0 Å². The van der Waals surface area contributed by atoms with Gasteiger partial charge in [-0.15, -0.1) is 11.8 Å². The zero-order valence-electron chi connectivity index (χ0n) is 14.9. The molecule has 0 spiro atoms. The predicted molar refractivity (Wildman–Crippen MR) is 106 cm³/mol. The highest BCUT2D eigenvalue weighted by Crippen LogP contribution is 2.23. The molecule has 2 N–H and O–H groups in total. The number of benzene rings is 1. The first-order valence-electron chi connectivity index (χ1n) is 8.78. The maximum absolute atomic E-state index is 13.0. The molecule has 27 heavy (non-hydrogen) atoms. The minimum Gasteiger partial charge on any atom is -0.395 e. The molecule has 140 valence electrons. The Kier molecular flexibility index (Phi) is 7.01. The van der Waals surface area contributed by atoms with Gasteiger partial charge in [-0.05, 0) is 24.1 Å². The van der Waals surface area contributed by atoms with E-state index in [9.17, 15) is 9.90 Å². The molecule has 0 unspecified atom stereocenters. The first-order valence-corrected chi connectivity index (χ1v) is 9.76. The van der Waals surface area contributed by atoms with Crippen LogP contribution in [0, 0.1) is 0 Å². The van der Waals surface area contributed by atoms with E-state index in [-0.39, 0.29) is 19.1 Å². The number of aryl methyl sites for hydroxylation is 1. The van der Waals surface area contributed by atoms with Crippen LogP contribution in [-0.4, -0.2) is 49.8 Å². The van der Waals surface area contributed by atoms with E-state index < -0.39 is 0 Å². The maximum Gasteiger partial charge on any atom is 0.257 e. The van der Waals surface area contributed by atoms with E-state index in [1.165, 1.54) is 5.56 Å². The molecule has 1 aromatic carbocycles. The fraction of sp³-hybridized carbons (Fsp3) is 0.250. The van der Waals surface area contributed by atoms with E-state index in [0.29, 0.717) is 23.0 Å². The van der Waals surface area contributed by atoms with Crippen molar-refractivity contribution in [3.63, 3.8) is 0 Å². The number of aliphatic hydroxyl groups is 1. The van der Waals surface area contributed by atoms with Crippen LogP contribution in [0.3, 0.4) is 0 Å². The summed E-state index contributed by atoms with van der Waals surface area (Å²) in [5.74, 6) is 1.36. The summed E-state index contributed by atoms with van der Waals surface area (Å²) < 4.78 is 0. The molecule has 0 radical (unpaired) electrons. The lowest BCUT2D eigenvalue weighted by molar-refractivity contribution is 0.0699. The minimum absolute atomic E-state index is 0.108. The average Bonchev–Trinajstić information content (AvgIpc) is 3.21.